The first-order chi connectivity index (χ1) is 26.7. The van der Waals surface area contributed by atoms with E-state index in [1.165, 1.54) is 4.90 Å². The second kappa shape index (κ2) is 20.2. The van der Waals surface area contributed by atoms with E-state index in [9.17, 15) is 29.4 Å². The Morgan fingerprint density at radius 1 is 0.965 bits per heavy atom. The minimum atomic E-state index is -2.47. The molecular weight excluding hydrogens is 727 g/mol. The van der Waals surface area contributed by atoms with E-state index < -0.39 is 77.8 Å². The number of allylic oxidation sites excluding steroid dienone is 3. The molecule has 1 amide bonds. The first-order valence-corrected chi connectivity index (χ1v) is 21.8. The summed E-state index contributed by atoms with van der Waals surface area (Å²) < 4.78 is 24.4. The number of piperidine rings is 1. The van der Waals surface area contributed by atoms with Gasteiger partial charge in [-0.3, -0.25) is 14.4 Å². The molecule has 0 aromatic heterocycles. The Hall–Kier alpha value is -2.44. The van der Waals surface area contributed by atoms with Crippen molar-refractivity contribution in [1.29, 1.82) is 0 Å². The molecule has 2 bridgehead atoms. The smallest absolute Gasteiger partial charge is 0.329 e. The van der Waals surface area contributed by atoms with E-state index in [1.807, 2.05) is 33.8 Å². The molecule has 1 aliphatic carbocycles. The molecule has 0 spiro atoms. The average Bonchev–Trinajstić information content (AvgIpc) is 3.17. The number of cyclic esters (lactones) is 1. The number of aliphatic hydroxyl groups is 2. The largest absolute Gasteiger partial charge is 0.456 e. The third kappa shape index (κ3) is 11.4. The molecule has 3 heterocycles. The van der Waals surface area contributed by atoms with E-state index in [-0.39, 0.29) is 48.8 Å². The fraction of sp³-hybridized carbons (Fsp3) is 0.826. The first-order valence-electron chi connectivity index (χ1n) is 21.8. The van der Waals surface area contributed by atoms with Gasteiger partial charge in [0, 0.05) is 44.9 Å². The van der Waals surface area contributed by atoms with Crippen molar-refractivity contribution >= 4 is 23.4 Å². The lowest BCUT2D eigenvalue weighted by molar-refractivity contribution is -0.302. The van der Waals surface area contributed by atoms with Gasteiger partial charge in [0.15, 0.2) is 0 Å². The number of rotatable bonds is 5. The molecule has 2 saturated heterocycles. The summed E-state index contributed by atoms with van der Waals surface area (Å²) in [5.41, 5.74) is 2.05. The topological polar surface area (TPSA) is 149 Å². The molecule has 4 aliphatic rings. The Bertz CT molecular complexity index is 1460. The molecule has 2 N–H and O–H groups in total. The molecule has 324 valence electrons. The zero-order chi connectivity index (χ0) is 42.4. The van der Waals surface area contributed by atoms with Gasteiger partial charge in [0.05, 0.1) is 18.3 Å². The highest BCUT2D eigenvalue weighted by molar-refractivity contribution is 6.39. The summed E-state index contributed by atoms with van der Waals surface area (Å²) in [6, 6.07) is -1.08. The van der Waals surface area contributed by atoms with Crippen LogP contribution >= 0.6 is 0 Å². The fourth-order valence-corrected chi connectivity index (χ4v) is 9.99. The van der Waals surface area contributed by atoms with Crippen LogP contribution in [-0.2, 0) is 38.1 Å². The SMILES string of the molecule is CC[C@@H]1/C=C(\C)C[C@H](C)C[C@H](OC)[C@H]2O[C@@](O)(C(=O)C(=O)N3CCCC[C@H]3C(=O)O[C@H](/C(C)=C/C3CCC(C(C)(C)C)CC3)[C@H](C)[C@@H](O)CC1=O)[C@H](C)C[C@@H]2OC. The molecule has 57 heavy (non-hydrogen) atoms. The van der Waals surface area contributed by atoms with Crippen molar-refractivity contribution in [2.45, 2.75) is 182 Å². The number of aliphatic hydroxyl groups excluding tert-OH is 1. The summed E-state index contributed by atoms with van der Waals surface area (Å²) in [6.07, 6.45) is 7.76. The third-order valence-electron chi connectivity index (χ3n) is 13.8. The summed E-state index contributed by atoms with van der Waals surface area (Å²) in [6.45, 7) is 18.4. The average molecular weight is 802 g/mol. The summed E-state index contributed by atoms with van der Waals surface area (Å²) in [5, 5.41) is 23.8. The fourth-order valence-electron chi connectivity index (χ4n) is 9.99. The van der Waals surface area contributed by atoms with Crippen molar-refractivity contribution in [2.24, 2.45) is 40.9 Å². The van der Waals surface area contributed by atoms with Gasteiger partial charge in [-0.1, -0.05) is 66.2 Å². The number of esters is 1. The minimum absolute atomic E-state index is 0.0562. The zero-order valence-electron chi connectivity index (χ0n) is 36.9. The molecule has 0 aromatic carbocycles. The van der Waals surface area contributed by atoms with E-state index >= 15 is 0 Å². The molecule has 0 aromatic rings. The van der Waals surface area contributed by atoms with Gasteiger partial charge in [0.2, 0.25) is 5.79 Å². The van der Waals surface area contributed by atoms with E-state index in [4.69, 9.17) is 18.9 Å². The van der Waals surface area contributed by atoms with E-state index in [0.717, 1.165) is 36.8 Å². The lowest BCUT2D eigenvalue weighted by Crippen LogP contribution is -2.64. The summed E-state index contributed by atoms with van der Waals surface area (Å²) in [5.74, 6) is -6.24. The molecule has 3 aliphatic heterocycles. The number of carbonyl (C=O) groups excluding carboxylic acids is 4. The Morgan fingerprint density at radius 2 is 1.60 bits per heavy atom. The molecule has 1 saturated carbocycles. The predicted molar refractivity (Wildman–Crippen MR) is 219 cm³/mol. The van der Waals surface area contributed by atoms with Crippen LogP contribution in [0.5, 0.6) is 0 Å². The monoisotopic (exact) mass is 802 g/mol. The zero-order valence-corrected chi connectivity index (χ0v) is 36.9. The van der Waals surface area contributed by atoms with E-state index in [2.05, 4.69) is 33.8 Å². The van der Waals surface area contributed by atoms with Crippen LogP contribution in [0.15, 0.2) is 23.3 Å². The number of hydrogen-bond acceptors (Lipinski definition) is 10. The van der Waals surface area contributed by atoms with E-state index in [0.29, 0.717) is 38.0 Å². The third-order valence-corrected chi connectivity index (χ3v) is 13.8. The lowest BCUT2D eigenvalue weighted by atomic mass is 9.69. The maximum absolute atomic E-state index is 14.3. The Balaban J connectivity index is 1.74. The highest BCUT2D eigenvalue weighted by atomic mass is 16.7. The summed E-state index contributed by atoms with van der Waals surface area (Å²) in [4.78, 5) is 57.9. The van der Waals surface area contributed by atoms with Crippen molar-refractivity contribution < 1.29 is 48.3 Å². The first kappa shape index (κ1) is 47.2. The van der Waals surface area contributed by atoms with Crippen molar-refractivity contribution in [3.05, 3.63) is 23.3 Å². The number of methoxy groups -OCH3 is 2. The van der Waals surface area contributed by atoms with Crippen molar-refractivity contribution in [3.8, 4) is 0 Å². The minimum Gasteiger partial charge on any atom is -0.456 e. The Kier molecular flexibility index (Phi) is 16.8. The van der Waals surface area contributed by atoms with Crippen LogP contribution in [0.4, 0.5) is 0 Å². The van der Waals surface area contributed by atoms with Crippen molar-refractivity contribution in [1.82, 2.24) is 4.90 Å². The van der Waals surface area contributed by atoms with Gasteiger partial charge >= 0.3 is 5.97 Å². The maximum Gasteiger partial charge on any atom is 0.329 e. The molecule has 4 rings (SSSR count). The highest BCUT2D eigenvalue weighted by Gasteiger charge is 2.56. The predicted octanol–water partition coefficient (Wildman–Crippen LogP) is 7.15. The second-order valence-corrected chi connectivity index (χ2v) is 19.2. The molecule has 3 fully saturated rings. The second-order valence-electron chi connectivity index (χ2n) is 19.2. The van der Waals surface area contributed by atoms with Crippen molar-refractivity contribution in [2.75, 3.05) is 20.8 Å². The summed E-state index contributed by atoms with van der Waals surface area (Å²) >= 11 is 0. The molecule has 11 nitrogen and oxygen atoms in total. The standard InChI is InChI=1S/C46H75NO10/c1-12-33-22-27(2)21-28(3)23-38(54-10)41-39(55-11)25-30(5)46(53,57-41)42(50)43(51)47-20-14-13-15-35(47)44(52)56-40(31(6)36(48)26-37(33)49)29(4)24-32-16-18-34(19-17-32)45(7,8)9/h22,24,28,30-36,38-41,48,53H,12-21,23,25-26H2,1-11H3/b27-22+,29-24+/t28-,30+,31+,32?,33+,34?,35-,36-,38-,39-,40+,41+,46+/m0/s1. The van der Waals surface area contributed by atoms with Crippen LogP contribution in [0, 0.1) is 40.9 Å². The van der Waals surface area contributed by atoms with Crippen LogP contribution in [0.3, 0.4) is 0 Å². The van der Waals surface area contributed by atoms with E-state index in [1.54, 1.807) is 21.1 Å². The Morgan fingerprint density at radius 3 is 2.19 bits per heavy atom. The van der Waals surface area contributed by atoms with Gasteiger partial charge in [-0.15, -0.1) is 0 Å². The Labute approximate surface area is 342 Å². The molecule has 0 radical (unpaired) electrons. The number of amides is 1. The van der Waals surface area contributed by atoms with Gasteiger partial charge in [0.1, 0.15) is 24.0 Å². The van der Waals surface area contributed by atoms with Gasteiger partial charge in [-0.25, -0.2) is 4.79 Å². The van der Waals surface area contributed by atoms with Gasteiger partial charge in [-0.05, 0) is 113 Å². The highest BCUT2D eigenvalue weighted by Crippen LogP contribution is 2.42. The number of nitrogens with zero attached hydrogens (tertiary/aromatic N) is 1. The number of ketones is 2. The number of carbonyl (C=O) groups is 4. The molecule has 11 atom stereocenters. The number of ether oxygens (including phenoxy) is 4. The number of Topliss-reactive ketones (excluding diaryl/α,β-unsaturated/α-hetero) is 2. The van der Waals surface area contributed by atoms with Gasteiger partial charge < -0.3 is 34.1 Å². The van der Waals surface area contributed by atoms with Crippen LogP contribution in [0.25, 0.3) is 0 Å². The maximum atomic E-state index is 14.3. The quantitative estimate of drug-likeness (QED) is 0.167. The van der Waals surface area contributed by atoms with Crippen molar-refractivity contribution in [3.63, 3.8) is 0 Å². The molecule has 0 unspecified atom stereocenters. The van der Waals surface area contributed by atoms with Gasteiger partial charge in [0.25, 0.3) is 11.7 Å². The van der Waals surface area contributed by atoms with Crippen LogP contribution < -0.4 is 0 Å². The normalized spacial score (nSPS) is 40.1. The lowest BCUT2D eigenvalue weighted by Gasteiger charge is -2.47. The van der Waals surface area contributed by atoms with Crippen LogP contribution in [0.1, 0.15) is 139 Å². The van der Waals surface area contributed by atoms with Crippen LogP contribution in [0.2, 0.25) is 0 Å². The molecule has 11 heteroatoms. The number of hydrogen-bond donors (Lipinski definition) is 2. The van der Waals surface area contributed by atoms with Gasteiger partial charge in [-0.2, -0.15) is 0 Å². The number of fused-ring (bicyclic) bond motifs is 3. The van der Waals surface area contributed by atoms with Crippen LogP contribution in [-0.4, -0.2) is 102 Å². The molecular formula is C46H75NO10. The summed E-state index contributed by atoms with van der Waals surface area (Å²) in [7, 11) is 3.09.